The molecule has 1 aliphatic rings. The lowest BCUT2D eigenvalue weighted by Gasteiger charge is -2.34. The number of hydrogen-bond acceptors (Lipinski definition) is 5. The quantitative estimate of drug-likeness (QED) is 0.838. The molecule has 1 aromatic heterocycles. The normalized spacial score (nSPS) is 26.6. The third kappa shape index (κ3) is 4.00. The lowest BCUT2D eigenvalue weighted by molar-refractivity contribution is -0.0444. The molecule has 20 heavy (non-hydrogen) atoms. The fourth-order valence-corrected chi connectivity index (χ4v) is 4.26. The third-order valence-corrected chi connectivity index (χ3v) is 5.32. The van der Waals surface area contributed by atoms with Gasteiger partial charge in [-0.05, 0) is 36.2 Å². The molecule has 0 spiro atoms. The second-order valence-corrected chi connectivity index (χ2v) is 7.54. The molecule has 0 amide bonds. The van der Waals surface area contributed by atoms with Gasteiger partial charge < -0.3 is 9.84 Å². The molecule has 1 fully saturated rings. The van der Waals surface area contributed by atoms with Crippen molar-refractivity contribution < 1.29 is 18.3 Å². The van der Waals surface area contributed by atoms with Crippen molar-refractivity contribution in [3.05, 3.63) is 22.4 Å². The second kappa shape index (κ2) is 6.50. The topological polar surface area (TPSA) is 78.9 Å². The predicted molar refractivity (Wildman–Crippen MR) is 77.8 cm³/mol. The lowest BCUT2D eigenvalue weighted by atomic mass is 10.2. The highest BCUT2D eigenvalue weighted by Gasteiger charge is 2.31. The van der Waals surface area contributed by atoms with E-state index in [2.05, 4.69) is 4.72 Å². The zero-order valence-corrected chi connectivity index (χ0v) is 13.2. The van der Waals surface area contributed by atoms with Crippen molar-refractivity contribution >= 4 is 21.5 Å². The Morgan fingerprint density at radius 3 is 2.70 bits per heavy atom. The highest BCUT2D eigenvalue weighted by atomic mass is 32.2. The van der Waals surface area contributed by atoms with Gasteiger partial charge in [-0.25, -0.2) is 0 Å². The summed E-state index contributed by atoms with van der Waals surface area (Å²) in [7, 11) is -3.59. The first-order valence-electron chi connectivity index (χ1n) is 6.49. The van der Waals surface area contributed by atoms with Crippen molar-refractivity contribution in [3.8, 4) is 0 Å². The van der Waals surface area contributed by atoms with E-state index in [4.69, 9.17) is 4.74 Å². The van der Waals surface area contributed by atoms with Gasteiger partial charge in [0.1, 0.15) is 0 Å². The van der Waals surface area contributed by atoms with Crippen LogP contribution in [0.25, 0.3) is 0 Å². The third-order valence-electron chi connectivity index (χ3n) is 3.11. The van der Waals surface area contributed by atoms with Crippen molar-refractivity contribution in [2.75, 3.05) is 19.6 Å². The Labute approximate surface area is 123 Å². The minimum Gasteiger partial charge on any atom is -0.387 e. The maximum Gasteiger partial charge on any atom is 0.279 e. The van der Waals surface area contributed by atoms with E-state index in [1.165, 1.54) is 15.6 Å². The summed E-state index contributed by atoms with van der Waals surface area (Å²) in [5.41, 5.74) is 0.724. The summed E-state index contributed by atoms with van der Waals surface area (Å²) in [6.07, 6.45) is -1.08. The SMILES string of the molecule is CC1CN(S(=O)(=O)NCC(O)c2ccsc2)CC(C)O1. The molecule has 2 N–H and O–H groups in total. The molecule has 3 atom stereocenters. The molecule has 3 unspecified atom stereocenters. The van der Waals surface area contributed by atoms with Crippen molar-refractivity contribution in [1.29, 1.82) is 0 Å². The zero-order valence-electron chi connectivity index (χ0n) is 11.5. The largest absolute Gasteiger partial charge is 0.387 e. The first kappa shape index (κ1) is 15.9. The van der Waals surface area contributed by atoms with Crippen LogP contribution < -0.4 is 4.72 Å². The van der Waals surface area contributed by atoms with Crippen LogP contribution in [0.3, 0.4) is 0 Å². The molecule has 1 saturated heterocycles. The standard InChI is InChI=1S/C12H20N2O4S2/c1-9-6-14(7-10(2)18-9)20(16,17)13-5-12(15)11-3-4-19-8-11/h3-4,8-10,12-13,15H,5-7H2,1-2H3. The lowest BCUT2D eigenvalue weighted by Crippen LogP contribution is -2.52. The minimum absolute atomic E-state index is 0.0286. The fourth-order valence-electron chi connectivity index (χ4n) is 2.18. The van der Waals surface area contributed by atoms with Gasteiger partial charge in [0.05, 0.1) is 18.3 Å². The van der Waals surface area contributed by atoms with Crippen molar-refractivity contribution in [2.24, 2.45) is 0 Å². The van der Waals surface area contributed by atoms with Crippen LogP contribution in [-0.2, 0) is 14.9 Å². The Kier molecular flexibility index (Phi) is 5.16. The van der Waals surface area contributed by atoms with Gasteiger partial charge in [0, 0.05) is 19.6 Å². The van der Waals surface area contributed by atoms with E-state index in [-0.39, 0.29) is 18.8 Å². The molecule has 0 bridgehead atoms. The first-order chi connectivity index (χ1) is 9.38. The number of nitrogens with zero attached hydrogens (tertiary/aromatic N) is 1. The van der Waals surface area contributed by atoms with E-state index in [0.29, 0.717) is 13.1 Å². The Balaban J connectivity index is 1.93. The minimum atomic E-state index is -3.59. The Morgan fingerprint density at radius 1 is 1.50 bits per heavy atom. The average molecular weight is 320 g/mol. The molecule has 6 nitrogen and oxygen atoms in total. The Bertz CT molecular complexity index is 508. The molecular weight excluding hydrogens is 300 g/mol. The van der Waals surface area contributed by atoms with Crippen LogP contribution >= 0.6 is 11.3 Å². The van der Waals surface area contributed by atoms with Crippen LogP contribution in [0.2, 0.25) is 0 Å². The molecule has 2 rings (SSSR count). The van der Waals surface area contributed by atoms with E-state index in [0.717, 1.165) is 5.56 Å². The molecule has 8 heteroatoms. The number of morpholine rings is 1. The van der Waals surface area contributed by atoms with Crippen molar-refractivity contribution in [3.63, 3.8) is 0 Å². The zero-order chi connectivity index (χ0) is 14.8. The highest BCUT2D eigenvalue weighted by Crippen LogP contribution is 2.17. The summed E-state index contributed by atoms with van der Waals surface area (Å²) in [4.78, 5) is 0. The number of aliphatic hydroxyl groups is 1. The molecule has 0 aromatic carbocycles. The van der Waals surface area contributed by atoms with E-state index < -0.39 is 16.3 Å². The van der Waals surface area contributed by atoms with Gasteiger partial charge in [0.2, 0.25) is 0 Å². The van der Waals surface area contributed by atoms with Crippen LogP contribution in [0.15, 0.2) is 16.8 Å². The smallest absolute Gasteiger partial charge is 0.279 e. The van der Waals surface area contributed by atoms with Crippen LogP contribution in [0.5, 0.6) is 0 Å². The molecule has 0 saturated carbocycles. The van der Waals surface area contributed by atoms with Crippen LogP contribution in [0, 0.1) is 0 Å². The molecule has 114 valence electrons. The molecular formula is C12H20N2O4S2. The van der Waals surface area contributed by atoms with E-state index in [1.807, 2.05) is 19.2 Å². The van der Waals surface area contributed by atoms with Crippen LogP contribution in [-0.4, -0.2) is 49.7 Å². The monoisotopic (exact) mass is 320 g/mol. The van der Waals surface area contributed by atoms with Gasteiger partial charge >= 0.3 is 0 Å². The fraction of sp³-hybridized carbons (Fsp3) is 0.667. The summed E-state index contributed by atoms with van der Waals surface area (Å²) < 4.78 is 33.7. The summed E-state index contributed by atoms with van der Waals surface area (Å²) in [5, 5.41) is 13.6. The molecule has 1 aromatic rings. The van der Waals surface area contributed by atoms with Crippen molar-refractivity contribution in [2.45, 2.75) is 32.2 Å². The predicted octanol–water partition coefficient (Wildman–Crippen LogP) is 0.725. The average Bonchev–Trinajstić information content (AvgIpc) is 2.88. The maximum absolute atomic E-state index is 12.2. The van der Waals surface area contributed by atoms with Gasteiger partial charge in [-0.15, -0.1) is 0 Å². The summed E-state index contributed by atoms with van der Waals surface area (Å²) in [6, 6.07) is 1.78. The molecule has 0 aliphatic carbocycles. The highest BCUT2D eigenvalue weighted by molar-refractivity contribution is 7.87. The molecule has 2 heterocycles. The number of nitrogens with one attached hydrogen (secondary N) is 1. The number of thiophene rings is 1. The molecule has 0 radical (unpaired) electrons. The van der Waals surface area contributed by atoms with E-state index in [1.54, 1.807) is 11.4 Å². The second-order valence-electron chi connectivity index (χ2n) is 5.00. The van der Waals surface area contributed by atoms with Crippen LogP contribution in [0.4, 0.5) is 0 Å². The summed E-state index contributed by atoms with van der Waals surface area (Å²) in [6.45, 7) is 4.32. The van der Waals surface area contributed by atoms with Gasteiger partial charge in [0.25, 0.3) is 10.2 Å². The number of aliphatic hydroxyl groups excluding tert-OH is 1. The van der Waals surface area contributed by atoms with Gasteiger partial charge in [-0.2, -0.15) is 28.8 Å². The van der Waals surface area contributed by atoms with E-state index >= 15 is 0 Å². The number of rotatable bonds is 5. The van der Waals surface area contributed by atoms with Gasteiger partial charge in [0.15, 0.2) is 0 Å². The van der Waals surface area contributed by atoms with Gasteiger partial charge in [-0.3, -0.25) is 0 Å². The maximum atomic E-state index is 12.2. The summed E-state index contributed by atoms with van der Waals surface area (Å²) in [5.74, 6) is 0. The summed E-state index contributed by atoms with van der Waals surface area (Å²) >= 11 is 1.47. The first-order valence-corrected chi connectivity index (χ1v) is 8.87. The van der Waals surface area contributed by atoms with Crippen molar-refractivity contribution in [1.82, 2.24) is 9.03 Å². The number of ether oxygens (including phenoxy) is 1. The Morgan fingerprint density at radius 2 is 2.15 bits per heavy atom. The number of hydrogen-bond donors (Lipinski definition) is 2. The Hall–Kier alpha value is -0.510. The van der Waals surface area contributed by atoms with Crippen LogP contribution in [0.1, 0.15) is 25.5 Å². The van der Waals surface area contributed by atoms with Gasteiger partial charge in [-0.1, -0.05) is 0 Å². The molecule has 1 aliphatic heterocycles. The van der Waals surface area contributed by atoms with E-state index in [9.17, 15) is 13.5 Å².